The molecule has 2 aromatic rings. The summed E-state index contributed by atoms with van der Waals surface area (Å²) in [5.41, 5.74) is 1.19. The van der Waals surface area contributed by atoms with Gasteiger partial charge in [-0.25, -0.2) is 4.98 Å². The number of hydrogen-bond acceptors (Lipinski definition) is 3. The summed E-state index contributed by atoms with van der Waals surface area (Å²) in [5.74, 6) is -0.257. The fraction of sp³-hybridized carbons (Fsp3) is 0.100. The lowest BCUT2D eigenvalue weighted by molar-refractivity contribution is 0.0950. The highest BCUT2D eigenvalue weighted by molar-refractivity contribution is 6.33. The highest BCUT2D eigenvalue weighted by atomic mass is 35.5. The number of imidazole rings is 1. The number of H-pyrrole nitrogens is 1. The number of carbonyl (C=O) groups is 1. The van der Waals surface area contributed by atoms with Crippen LogP contribution in [0.25, 0.3) is 0 Å². The van der Waals surface area contributed by atoms with Gasteiger partial charge in [-0.05, 0) is 6.07 Å². The Morgan fingerprint density at radius 3 is 3.00 bits per heavy atom. The molecule has 0 aliphatic carbocycles. The number of hydrogen-bond donors (Lipinski definition) is 2. The number of amides is 1. The zero-order valence-electron chi connectivity index (χ0n) is 8.27. The second kappa shape index (κ2) is 4.76. The molecule has 2 N–H and O–H groups in total. The van der Waals surface area contributed by atoms with Crippen molar-refractivity contribution in [2.75, 3.05) is 0 Å². The van der Waals surface area contributed by atoms with E-state index in [1.54, 1.807) is 18.6 Å². The first-order valence-corrected chi connectivity index (χ1v) is 5.00. The van der Waals surface area contributed by atoms with E-state index in [0.717, 1.165) is 5.69 Å². The Kier molecular flexibility index (Phi) is 3.16. The molecule has 0 saturated heterocycles. The van der Waals surface area contributed by atoms with Crippen molar-refractivity contribution in [1.82, 2.24) is 20.3 Å². The lowest BCUT2D eigenvalue weighted by atomic mass is 10.2. The molecule has 16 heavy (non-hydrogen) atoms. The topological polar surface area (TPSA) is 70.7 Å². The third-order valence-electron chi connectivity index (χ3n) is 2.01. The van der Waals surface area contributed by atoms with Crippen LogP contribution in [0.15, 0.2) is 31.0 Å². The molecule has 82 valence electrons. The molecule has 2 heterocycles. The van der Waals surface area contributed by atoms with Crippen LogP contribution < -0.4 is 5.32 Å². The number of aromatic nitrogens is 3. The van der Waals surface area contributed by atoms with Crippen LogP contribution in [0.1, 0.15) is 16.1 Å². The molecule has 0 radical (unpaired) electrons. The van der Waals surface area contributed by atoms with Gasteiger partial charge < -0.3 is 10.3 Å². The maximum absolute atomic E-state index is 11.7. The highest BCUT2D eigenvalue weighted by Crippen LogP contribution is 2.12. The fourth-order valence-electron chi connectivity index (χ4n) is 1.20. The predicted molar refractivity (Wildman–Crippen MR) is 59.0 cm³/mol. The van der Waals surface area contributed by atoms with Crippen molar-refractivity contribution in [3.05, 3.63) is 47.3 Å². The smallest absolute Gasteiger partial charge is 0.254 e. The Bertz CT molecular complexity index is 483. The van der Waals surface area contributed by atoms with Gasteiger partial charge in [-0.3, -0.25) is 9.78 Å². The SMILES string of the molecule is O=C(NCc1cnc[nH]1)c1cnccc1Cl. The second-order valence-corrected chi connectivity index (χ2v) is 3.52. The Morgan fingerprint density at radius 1 is 1.44 bits per heavy atom. The Hall–Kier alpha value is -1.88. The molecule has 0 aliphatic heterocycles. The lowest BCUT2D eigenvalue weighted by Crippen LogP contribution is -2.23. The first-order valence-electron chi connectivity index (χ1n) is 4.62. The molecule has 0 fully saturated rings. The molecule has 0 aromatic carbocycles. The van der Waals surface area contributed by atoms with E-state index in [1.165, 1.54) is 12.4 Å². The van der Waals surface area contributed by atoms with E-state index in [-0.39, 0.29) is 5.91 Å². The van der Waals surface area contributed by atoms with Crippen LogP contribution in [-0.4, -0.2) is 20.9 Å². The fourth-order valence-corrected chi connectivity index (χ4v) is 1.39. The molecular formula is C10H9ClN4O. The highest BCUT2D eigenvalue weighted by Gasteiger charge is 2.09. The summed E-state index contributed by atoms with van der Waals surface area (Å²) in [5, 5.41) is 3.09. The molecule has 0 spiro atoms. The Morgan fingerprint density at radius 2 is 2.31 bits per heavy atom. The quantitative estimate of drug-likeness (QED) is 0.846. The number of aromatic amines is 1. The average molecular weight is 237 g/mol. The van der Waals surface area contributed by atoms with Crippen molar-refractivity contribution < 1.29 is 4.79 Å². The summed E-state index contributed by atoms with van der Waals surface area (Å²) in [6.07, 6.45) is 6.17. The first kappa shape index (κ1) is 10.6. The Balaban J connectivity index is 2.01. The summed E-state index contributed by atoms with van der Waals surface area (Å²) < 4.78 is 0. The van der Waals surface area contributed by atoms with Gasteiger partial charge in [-0.2, -0.15) is 0 Å². The van der Waals surface area contributed by atoms with Crippen LogP contribution in [0.5, 0.6) is 0 Å². The third-order valence-corrected chi connectivity index (χ3v) is 2.34. The van der Waals surface area contributed by atoms with Crippen LogP contribution in [-0.2, 0) is 6.54 Å². The van der Waals surface area contributed by atoms with Crippen LogP contribution in [0.2, 0.25) is 5.02 Å². The number of pyridine rings is 1. The molecule has 2 aromatic heterocycles. The van der Waals surface area contributed by atoms with Crippen LogP contribution >= 0.6 is 11.6 Å². The molecule has 6 heteroatoms. The van der Waals surface area contributed by atoms with E-state index < -0.39 is 0 Å². The van der Waals surface area contributed by atoms with Crippen molar-refractivity contribution >= 4 is 17.5 Å². The minimum atomic E-state index is -0.257. The van der Waals surface area contributed by atoms with Gasteiger partial charge in [0.1, 0.15) is 0 Å². The van der Waals surface area contributed by atoms with Gasteiger partial charge in [0.25, 0.3) is 5.91 Å². The summed E-state index contributed by atoms with van der Waals surface area (Å²) in [6.45, 7) is 0.379. The first-order chi connectivity index (χ1) is 7.77. The summed E-state index contributed by atoms with van der Waals surface area (Å²) >= 11 is 5.86. The molecule has 0 aliphatic rings. The monoisotopic (exact) mass is 236 g/mol. The number of nitrogens with zero attached hydrogens (tertiary/aromatic N) is 2. The number of carbonyl (C=O) groups excluding carboxylic acids is 1. The van der Waals surface area contributed by atoms with E-state index >= 15 is 0 Å². The number of nitrogens with one attached hydrogen (secondary N) is 2. The van der Waals surface area contributed by atoms with Crippen molar-refractivity contribution in [2.45, 2.75) is 6.54 Å². The summed E-state index contributed by atoms with van der Waals surface area (Å²) in [6, 6.07) is 1.58. The molecule has 2 rings (SSSR count). The van der Waals surface area contributed by atoms with Gasteiger partial charge in [0.05, 0.1) is 29.2 Å². The maximum Gasteiger partial charge on any atom is 0.254 e. The van der Waals surface area contributed by atoms with Crippen molar-refractivity contribution in [3.8, 4) is 0 Å². The molecule has 1 amide bonds. The van der Waals surface area contributed by atoms with E-state index in [1.807, 2.05) is 0 Å². The minimum Gasteiger partial charge on any atom is -0.347 e. The maximum atomic E-state index is 11.7. The van der Waals surface area contributed by atoms with Gasteiger partial charge in [0.2, 0.25) is 0 Å². The summed E-state index contributed by atoms with van der Waals surface area (Å²) in [7, 11) is 0. The molecule has 0 saturated carbocycles. The second-order valence-electron chi connectivity index (χ2n) is 3.12. The predicted octanol–water partition coefficient (Wildman–Crippen LogP) is 1.39. The third kappa shape index (κ3) is 2.38. The van der Waals surface area contributed by atoms with Crippen LogP contribution in [0.3, 0.4) is 0 Å². The van der Waals surface area contributed by atoms with Gasteiger partial charge in [-0.15, -0.1) is 0 Å². The van der Waals surface area contributed by atoms with E-state index in [4.69, 9.17) is 11.6 Å². The molecule has 0 atom stereocenters. The molecular weight excluding hydrogens is 228 g/mol. The van der Waals surface area contributed by atoms with Crippen molar-refractivity contribution in [2.24, 2.45) is 0 Å². The van der Waals surface area contributed by atoms with Gasteiger partial charge in [0, 0.05) is 18.6 Å². The molecule has 5 nitrogen and oxygen atoms in total. The van der Waals surface area contributed by atoms with Crippen molar-refractivity contribution in [3.63, 3.8) is 0 Å². The van der Waals surface area contributed by atoms with Crippen LogP contribution in [0, 0.1) is 0 Å². The van der Waals surface area contributed by atoms with Gasteiger partial charge in [0.15, 0.2) is 0 Å². The average Bonchev–Trinajstić information content (AvgIpc) is 2.79. The number of rotatable bonds is 3. The largest absolute Gasteiger partial charge is 0.347 e. The number of halogens is 1. The van der Waals surface area contributed by atoms with Crippen LogP contribution in [0.4, 0.5) is 0 Å². The van der Waals surface area contributed by atoms with E-state index in [2.05, 4.69) is 20.3 Å². The minimum absolute atomic E-state index is 0.257. The summed E-state index contributed by atoms with van der Waals surface area (Å²) in [4.78, 5) is 22.3. The zero-order valence-corrected chi connectivity index (χ0v) is 9.03. The standard InChI is InChI=1S/C10H9ClN4O/c11-9-1-2-12-5-8(9)10(16)14-4-7-3-13-6-15-7/h1-3,5-6H,4H2,(H,13,15)(H,14,16). The van der Waals surface area contributed by atoms with E-state index in [0.29, 0.717) is 17.1 Å². The van der Waals surface area contributed by atoms with Gasteiger partial charge in [-0.1, -0.05) is 11.6 Å². The normalized spacial score (nSPS) is 10.1. The Labute approximate surface area is 96.9 Å². The zero-order chi connectivity index (χ0) is 11.4. The molecule has 0 bridgehead atoms. The lowest BCUT2D eigenvalue weighted by Gasteiger charge is -2.04. The van der Waals surface area contributed by atoms with Crippen molar-refractivity contribution in [1.29, 1.82) is 0 Å². The molecule has 0 unspecified atom stereocenters. The van der Waals surface area contributed by atoms with E-state index in [9.17, 15) is 4.79 Å². The van der Waals surface area contributed by atoms with Gasteiger partial charge >= 0.3 is 0 Å².